The zero-order chi connectivity index (χ0) is 6.27. The van der Waals surface area contributed by atoms with Crippen molar-refractivity contribution in [3.63, 3.8) is 0 Å². The molecule has 2 heteroatoms. The molecule has 2 rings (SSSR count). The van der Waals surface area contributed by atoms with Gasteiger partial charge in [-0.05, 0) is 38.5 Å². The van der Waals surface area contributed by atoms with E-state index in [0.717, 1.165) is 18.0 Å². The Hall–Kier alpha value is 0.250. The Morgan fingerprint density at radius 2 is 1.80 bits per heavy atom. The van der Waals surface area contributed by atoms with Crippen LogP contribution in [-0.4, -0.2) is 12.1 Å². The minimum absolute atomic E-state index is 0. The Morgan fingerprint density at radius 3 is 2.20 bits per heavy atom. The van der Waals surface area contributed by atoms with Crippen LogP contribution in [0.1, 0.15) is 32.6 Å². The van der Waals surface area contributed by atoms with E-state index in [4.69, 9.17) is 0 Å². The molecule has 1 N–H and O–H groups in total. The van der Waals surface area contributed by atoms with Crippen LogP contribution in [0.5, 0.6) is 0 Å². The standard InChI is InChI=1S/C8H15N.ClH/c1-6(7-2-3-7)9-8-4-5-8;/h6-9H,2-5H2,1H3;1H. The third-order valence-electron chi connectivity index (χ3n) is 2.41. The van der Waals surface area contributed by atoms with E-state index in [9.17, 15) is 0 Å². The molecule has 0 radical (unpaired) electrons. The number of hydrogen-bond donors (Lipinski definition) is 1. The van der Waals surface area contributed by atoms with Crippen molar-refractivity contribution in [2.45, 2.75) is 44.7 Å². The van der Waals surface area contributed by atoms with Crippen LogP contribution in [0.4, 0.5) is 0 Å². The molecule has 1 atom stereocenters. The molecule has 0 aromatic rings. The summed E-state index contributed by atoms with van der Waals surface area (Å²) in [7, 11) is 0. The molecular formula is C8H16ClN. The average Bonchev–Trinajstić information content (AvgIpc) is 2.62. The minimum Gasteiger partial charge on any atom is -0.311 e. The topological polar surface area (TPSA) is 12.0 Å². The van der Waals surface area contributed by atoms with Crippen molar-refractivity contribution in [3.8, 4) is 0 Å². The second kappa shape index (κ2) is 3.10. The maximum atomic E-state index is 3.62. The second-order valence-corrected chi connectivity index (χ2v) is 3.57. The molecule has 10 heavy (non-hydrogen) atoms. The van der Waals surface area contributed by atoms with Gasteiger partial charge in [-0.3, -0.25) is 0 Å². The van der Waals surface area contributed by atoms with E-state index < -0.39 is 0 Å². The van der Waals surface area contributed by atoms with E-state index in [1.54, 1.807) is 0 Å². The third kappa shape index (κ3) is 2.14. The lowest BCUT2D eigenvalue weighted by molar-refractivity contribution is 0.494. The Morgan fingerprint density at radius 1 is 1.20 bits per heavy atom. The van der Waals surface area contributed by atoms with Gasteiger partial charge in [-0.1, -0.05) is 0 Å². The highest BCUT2D eigenvalue weighted by Gasteiger charge is 2.31. The Bertz CT molecular complexity index is 108. The first kappa shape index (κ1) is 8.35. The molecule has 1 nitrogen and oxygen atoms in total. The summed E-state index contributed by atoms with van der Waals surface area (Å²) in [5, 5.41) is 3.62. The van der Waals surface area contributed by atoms with Crippen molar-refractivity contribution >= 4 is 12.4 Å². The molecule has 2 saturated carbocycles. The first-order chi connectivity index (χ1) is 4.36. The van der Waals surface area contributed by atoms with Gasteiger partial charge in [-0.2, -0.15) is 0 Å². The van der Waals surface area contributed by atoms with Crippen molar-refractivity contribution in [3.05, 3.63) is 0 Å². The van der Waals surface area contributed by atoms with Gasteiger partial charge in [0.15, 0.2) is 0 Å². The Balaban J connectivity index is 0.000000500. The van der Waals surface area contributed by atoms with Gasteiger partial charge in [0, 0.05) is 12.1 Å². The monoisotopic (exact) mass is 161 g/mol. The van der Waals surface area contributed by atoms with E-state index in [1.807, 2.05) is 0 Å². The molecular weight excluding hydrogens is 146 g/mol. The minimum atomic E-state index is 0. The first-order valence-electron chi connectivity index (χ1n) is 4.12. The smallest absolute Gasteiger partial charge is 0.00708 e. The molecule has 0 aliphatic heterocycles. The summed E-state index contributed by atoms with van der Waals surface area (Å²) in [4.78, 5) is 0. The molecule has 2 aliphatic rings. The fraction of sp³-hybridized carbons (Fsp3) is 1.00. The molecule has 0 bridgehead atoms. The number of rotatable bonds is 3. The summed E-state index contributed by atoms with van der Waals surface area (Å²) >= 11 is 0. The molecule has 60 valence electrons. The second-order valence-electron chi connectivity index (χ2n) is 3.57. The van der Waals surface area contributed by atoms with Crippen molar-refractivity contribution in [1.82, 2.24) is 5.32 Å². The van der Waals surface area contributed by atoms with Crippen molar-refractivity contribution in [2.75, 3.05) is 0 Å². The van der Waals surface area contributed by atoms with E-state index in [0.29, 0.717) is 0 Å². The maximum absolute atomic E-state index is 3.62. The lowest BCUT2D eigenvalue weighted by Gasteiger charge is -2.10. The number of hydrogen-bond acceptors (Lipinski definition) is 1. The van der Waals surface area contributed by atoms with Gasteiger partial charge in [0.25, 0.3) is 0 Å². The SMILES string of the molecule is CC(NC1CC1)C1CC1.Cl. The molecule has 0 spiro atoms. The van der Waals surface area contributed by atoms with Crippen LogP contribution < -0.4 is 5.32 Å². The summed E-state index contributed by atoms with van der Waals surface area (Å²) < 4.78 is 0. The predicted molar refractivity (Wildman–Crippen MR) is 45.6 cm³/mol. The van der Waals surface area contributed by atoms with Crippen LogP contribution in [0.15, 0.2) is 0 Å². The lowest BCUT2D eigenvalue weighted by Crippen LogP contribution is -2.29. The van der Waals surface area contributed by atoms with Gasteiger partial charge >= 0.3 is 0 Å². The van der Waals surface area contributed by atoms with Gasteiger partial charge in [0.2, 0.25) is 0 Å². The van der Waals surface area contributed by atoms with Gasteiger partial charge < -0.3 is 5.32 Å². The molecule has 0 saturated heterocycles. The van der Waals surface area contributed by atoms with Crippen LogP contribution in [0.2, 0.25) is 0 Å². The largest absolute Gasteiger partial charge is 0.311 e. The molecule has 2 aliphatic carbocycles. The summed E-state index contributed by atoms with van der Waals surface area (Å²) in [6.45, 7) is 2.33. The Labute approximate surface area is 69.0 Å². The maximum Gasteiger partial charge on any atom is 0.00708 e. The quantitative estimate of drug-likeness (QED) is 0.668. The van der Waals surface area contributed by atoms with Crippen LogP contribution in [0.3, 0.4) is 0 Å². The fourth-order valence-corrected chi connectivity index (χ4v) is 1.35. The lowest BCUT2D eigenvalue weighted by atomic mass is 10.2. The zero-order valence-corrected chi connectivity index (χ0v) is 7.29. The van der Waals surface area contributed by atoms with E-state index >= 15 is 0 Å². The molecule has 0 heterocycles. The number of halogens is 1. The summed E-state index contributed by atoms with van der Waals surface area (Å²) in [5.41, 5.74) is 0. The van der Waals surface area contributed by atoms with E-state index in [-0.39, 0.29) is 12.4 Å². The van der Waals surface area contributed by atoms with Gasteiger partial charge in [0.1, 0.15) is 0 Å². The highest BCUT2D eigenvalue weighted by Crippen LogP contribution is 2.34. The van der Waals surface area contributed by atoms with Gasteiger partial charge in [0.05, 0.1) is 0 Å². The van der Waals surface area contributed by atoms with Gasteiger partial charge in [-0.15, -0.1) is 12.4 Å². The van der Waals surface area contributed by atoms with Crippen LogP contribution in [0.25, 0.3) is 0 Å². The summed E-state index contributed by atoms with van der Waals surface area (Å²) in [5.74, 6) is 1.03. The van der Waals surface area contributed by atoms with E-state index in [1.165, 1.54) is 25.7 Å². The molecule has 1 unspecified atom stereocenters. The van der Waals surface area contributed by atoms with Crippen molar-refractivity contribution in [1.29, 1.82) is 0 Å². The van der Waals surface area contributed by atoms with Crippen molar-refractivity contribution in [2.24, 2.45) is 5.92 Å². The van der Waals surface area contributed by atoms with Crippen molar-refractivity contribution < 1.29 is 0 Å². The molecule has 0 aromatic heterocycles. The highest BCUT2D eigenvalue weighted by molar-refractivity contribution is 5.85. The first-order valence-corrected chi connectivity index (χ1v) is 4.12. The third-order valence-corrected chi connectivity index (χ3v) is 2.41. The van der Waals surface area contributed by atoms with Gasteiger partial charge in [-0.25, -0.2) is 0 Å². The molecule has 2 fully saturated rings. The zero-order valence-electron chi connectivity index (χ0n) is 6.47. The van der Waals surface area contributed by atoms with Crippen LogP contribution in [0, 0.1) is 5.92 Å². The average molecular weight is 162 g/mol. The van der Waals surface area contributed by atoms with Crippen LogP contribution >= 0.6 is 12.4 Å². The molecule has 0 aromatic carbocycles. The predicted octanol–water partition coefficient (Wildman–Crippen LogP) is 1.96. The summed E-state index contributed by atoms with van der Waals surface area (Å²) in [6, 6.07) is 1.72. The summed E-state index contributed by atoms with van der Waals surface area (Å²) in [6.07, 6.45) is 5.80. The molecule has 0 amide bonds. The van der Waals surface area contributed by atoms with E-state index in [2.05, 4.69) is 12.2 Å². The normalized spacial score (nSPS) is 27.3. The highest BCUT2D eigenvalue weighted by atomic mass is 35.5. The Kier molecular flexibility index (Phi) is 2.59. The van der Waals surface area contributed by atoms with Crippen LogP contribution in [-0.2, 0) is 0 Å². The fourth-order valence-electron chi connectivity index (χ4n) is 1.35. The number of nitrogens with one attached hydrogen (secondary N) is 1.